The van der Waals surface area contributed by atoms with E-state index in [2.05, 4.69) is 47.8 Å². The molecule has 5 rings (SSSR count). The van der Waals surface area contributed by atoms with Crippen molar-refractivity contribution in [2.75, 3.05) is 0 Å². The Hall–Kier alpha value is -2.93. The highest BCUT2D eigenvalue weighted by atomic mass is 79.9. The molecule has 0 radical (unpaired) electrons. The van der Waals surface area contributed by atoms with Gasteiger partial charge in [-0.3, -0.25) is 0 Å². The zero-order chi connectivity index (χ0) is 17.8. The molecule has 0 amide bonds. The molecule has 4 heterocycles. The Morgan fingerprint density at radius 2 is 1.65 bits per heavy atom. The van der Waals surface area contributed by atoms with E-state index >= 15 is 0 Å². The second kappa shape index (κ2) is 5.54. The van der Waals surface area contributed by atoms with Gasteiger partial charge in [0.05, 0.1) is 11.1 Å². The van der Waals surface area contributed by atoms with E-state index in [0.29, 0.717) is 11.8 Å². The van der Waals surface area contributed by atoms with Crippen LogP contribution in [0.15, 0.2) is 57.8 Å². The average Bonchev–Trinajstić information content (AvgIpc) is 3.32. The molecule has 0 aliphatic heterocycles. The van der Waals surface area contributed by atoms with Gasteiger partial charge in [-0.25, -0.2) is 4.98 Å². The fraction of sp³-hybridized carbons (Fsp3) is 0.105. The number of rotatable bonds is 2. The van der Waals surface area contributed by atoms with Gasteiger partial charge in [0.2, 0.25) is 11.8 Å². The topological polar surface area (TPSA) is 61.7 Å². The molecular formula is C19H14BrN5O. The van der Waals surface area contributed by atoms with Crippen LogP contribution in [0.3, 0.4) is 0 Å². The van der Waals surface area contributed by atoms with Gasteiger partial charge in [0, 0.05) is 53.4 Å². The predicted octanol–water partition coefficient (Wildman–Crippen LogP) is 4.54. The molecular weight excluding hydrogens is 394 g/mol. The van der Waals surface area contributed by atoms with Gasteiger partial charge in [-0.2, -0.15) is 0 Å². The number of halogens is 1. The summed E-state index contributed by atoms with van der Waals surface area (Å²) >= 11 is 3.53. The summed E-state index contributed by atoms with van der Waals surface area (Å²) in [6.45, 7) is 0. The standard InChI is InChI=1S/C19H14BrN5O/c1-24-9-15(13-8-11(20)5-6-16(13)24)19-23-22-18(26-19)14-10-25(2)17-12(14)4-3-7-21-17/h3-10H,1-2H3. The molecule has 0 aliphatic carbocycles. The lowest BCUT2D eigenvalue weighted by Crippen LogP contribution is -1.85. The SMILES string of the molecule is Cn1cc(-c2nnc(-c3cn(C)c4ncccc34)o2)c2cc(Br)ccc21. The van der Waals surface area contributed by atoms with Crippen molar-refractivity contribution < 1.29 is 4.42 Å². The fourth-order valence-electron chi connectivity index (χ4n) is 3.36. The summed E-state index contributed by atoms with van der Waals surface area (Å²) in [7, 11) is 3.96. The fourth-order valence-corrected chi connectivity index (χ4v) is 3.72. The lowest BCUT2D eigenvalue weighted by Gasteiger charge is -1.96. The quantitative estimate of drug-likeness (QED) is 0.430. The van der Waals surface area contributed by atoms with Crippen molar-refractivity contribution in [2.24, 2.45) is 14.1 Å². The molecule has 0 N–H and O–H groups in total. The first-order valence-electron chi connectivity index (χ1n) is 8.11. The van der Waals surface area contributed by atoms with Crippen molar-refractivity contribution in [2.45, 2.75) is 0 Å². The zero-order valence-corrected chi connectivity index (χ0v) is 15.7. The van der Waals surface area contributed by atoms with E-state index in [1.807, 2.05) is 49.3 Å². The summed E-state index contributed by atoms with van der Waals surface area (Å²) in [5.41, 5.74) is 3.80. The summed E-state index contributed by atoms with van der Waals surface area (Å²) in [6.07, 6.45) is 5.76. The van der Waals surface area contributed by atoms with Gasteiger partial charge in [0.25, 0.3) is 0 Å². The van der Waals surface area contributed by atoms with Crippen LogP contribution in [0.2, 0.25) is 0 Å². The molecule has 0 saturated carbocycles. The molecule has 0 saturated heterocycles. The second-order valence-corrected chi connectivity index (χ2v) is 7.17. The maximum atomic E-state index is 6.05. The first kappa shape index (κ1) is 15.3. The molecule has 6 nitrogen and oxygen atoms in total. The van der Waals surface area contributed by atoms with Gasteiger partial charge < -0.3 is 13.6 Å². The number of pyridine rings is 1. The molecule has 1 aromatic carbocycles. The molecule has 26 heavy (non-hydrogen) atoms. The van der Waals surface area contributed by atoms with E-state index in [1.54, 1.807) is 6.20 Å². The molecule has 0 unspecified atom stereocenters. The van der Waals surface area contributed by atoms with Gasteiger partial charge in [0.1, 0.15) is 5.65 Å². The monoisotopic (exact) mass is 407 g/mol. The predicted molar refractivity (Wildman–Crippen MR) is 104 cm³/mol. The van der Waals surface area contributed by atoms with Crippen molar-refractivity contribution in [1.82, 2.24) is 24.3 Å². The molecule has 0 atom stereocenters. The van der Waals surface area contributed by atoms with E-state index in [-0.39, 0.29) is 0 Å². The minimum atomic E-state index is 0.491. The lowest BCUT2D eigenvalue weighted by atomic mass is 10.2. The summed E-state index contributed by atoms with van der Waals surface area (Å²) in [5, 5.41) is 10.6. The van der Waals surface area contributed by atoms with Crippen LogP contribution in [-0.4, -0.2) is 24.3 Å². The number of fused-ring (bicyclic) bond motifs is 2. The average molecular weight is 408 g/mol. The number of hydrogen-bond acceptors (Lipinski definition) is 4. The highest BCUT2D eigenvalue weighted by Crippen LogP contribution is 2.34. The van der Waals surface area contributed by atoms with Crippen LogP contribution in [0.1, 0.15) is 0 Å². The van der Waals surface area contributed by atoms with Crippen LogP contribution >= 0.6 is 15.9 Å². The highest BCUT2D eigenvalue weighted by Gasteiger charge is 2.19. The van der Waals surface area contributed by atoms with Crippen LogP contribution in [0.5, 0.6) is 0 Å². The van der Waals surface area contributed by atoms with Crippen molar-refractivity contribution in [1.29, 1.82) is 0 Å². The minimum Gasteiger partial charge on any atom is -0.416 e. The Morgan fingerprint density at radius 3 is 2.46 bits per heavy atom. The third-order valence-electron chi connectivity index (χ3n) is 4.57. The number of hydrogen-bond donors (Lipinski definition) is 0. The van der Waals surface area contributed by atoms with E-state index in [1.165, 1.54) is 0 Å². The van der Waals surface area contributed by atoms with Crippen LogP contribution in [0, 0.1) is 0 Å². The normalized spacial score (nSPS) is 11.7. The summed E-state index contributed by atoms with van der Waals surface area (Å²) in [6, 6.07) is 10.1. The molecule has 0 aliphatic rings. The van der Waals surface area contributed by atoms with Crippen molar-refractivity contribution in [3.05, 3.63) is 53.4 Å². The first-order chi connectivity index (χ1) is 12.6. The van der Waals surface area contributed by atoms with Crippen LogP contribution in [0.4, 0.5) is 0 Å². The summed E-state index contributed by atoms with van der Waals surface area (Å²) < 4.78 is 11.1. The van der Waals surface area contributed by atoms with Gasteiger partial charge in [-0.1, -0.05) is 15.9 Å². The van der Waals surface area contributed by atoms with E-state index in [9.17, 15) is 0 Å². The Kier molecular flexibility index (Phi) is 3.27. The number of benzene rings is 1. The molecule has 0 spiro atoms. The van der Waals surface area contributed by atoms with Crippen molar-refractivity contribution in [3.63, 3.8) is 0 Å². The van der Waals surface area contributed by atoms with Crippen LogP contribution < -0.4 is 0 Å². The van der Waals surface area contributed by atoms with Gasteiger partial charge in [0.15, 0.2) is 0 Å². The van der Waals surface area contributed by atoms with Gasteiger partial charge >= 0.3 is 0 Å². The third kappa shape index (κ3) is 2.20. The Labute approximate surface area is 157 Å². The molecule has 7 heteroatoms. The largest absolute Gasteiger partial charge is 0.416 e. The summed E-state index contributed by atoms with van der Waals surface area (Å²) in [4.78, 5) is 4.41. The third-order valence-corrected chi connectivity index (χ3v) is 5.06. The highest BCUT2D eigenvalue weighted by molar-refractivity contribution is 9.10. The van der Waals surface area contributed by atoms with Gasteiger partial charge in [-0.15, -0.1) is 10.2 Å². The second-order valence-electron chi connectivity index (χ2n) is 6.26. The summed E-state index contributed by atoms with van der Waals surface area (Å²) in [5.74, 6) is 0.996. The Balaban J connectivity index is 1.68. The maximum absolute atomic E-state index is 6.05. The van der Waals surface area contributed by atoms with E-state index in [4.69, 9.17) is 4.42 Å². The van der Waals surface area contributed by atoms with Crippen LogP contribution in [-0.2, 0) is 14.1 Å². The molecule has 128 valence electrons. The molecule has 0 fully saturated rings. The Bertz CT molecular complexity index is 1280. The number of nitrogens with zero attached hydrogens (tertiary/aromatic N) is 5. The minimum absolute atomic E-state index is 0.491. The smallest absolute Gasteiger partial charge is 0.250 e. The van der Waals surface area contributed by atoms with E-state index in [0.717, 1.165) is 37.5 Å². The zero-order valence-electron chi connectivity index (χ0n) is 14.1. The maximum Gasteiger partial charge on any atom is 0.250 e. The lowest BCUT2D eigenvalue weighted by molar-refractivity contribution is 0.585. The van der Waals surface area contributed by atoms with Crippen molar-refractivity contribution >= 4 is 37.9 Å². The van der Waals surface area contributed by atoms with Crippen molar-refractivity contribution in [3.8, 4) is 22.9 Å². The van der Waals surface area contributed by atoms with E-state index < -0.39 is 0 Å². The van der Waals surface area contributed by atoms with Crippen LogP contribution in [0.25, 0.3) is 44.8 Å². The Morgan fingerprint density at radius 1 is 0.923 bits per heavy atom. The molecule has 5 aromatic rings. The molecule has 4 aromatic heterocycles. The number of aromatic nitrogens is 5. The first-order valence-corrected chi connectivity index (χ1v) is 8.90. The van der Waals surface area contributed by atoms with Gasteiger partial charge in [-0.05, 0) is 30.3 Å². The molecule has 0 bridgehead atoms. The number of aryl methyl sites for hydroxylation is 2.